The number of thiazole rings is 1. The average molecular weight is 482 g/mol. The normalized spacial score (nSPS) is 15.7. The van der Waals surface area contributed by atoms with Gasteiger partial charge in [0.2, 0.25) is 5.91 Å². The SMILES string of the molecule is Cc1occc1-c1nnc(SCC(=O)Nc2nc(-c3ccccc3)cs2)n1CC1CCCO1. The van der Waals surface area contributed by atoms with E-state index >= 15 is 0 Å². The van der Waals surface area contributed by atoms with E-state index in [2.05, 4.69) is 20.5 Å². The topological polar surface area (TPSA) is 95.1 Å². The van der Waals surface area contributed by atoms with E-state index in [1.807, 2.05) is 53.3 Å². The van der Waals surface area contributed by atoms with Gasteiger partial charge in [0.25, 0.3) is 0 Å². The highest BCUT2D eigenvalue weighted by Crippen LogP contribution is 2.29. The smallest absolute Gasteiger partial charge is 0.236 e. The average Bonchev–Trinajstić information content (AvgIpc) is 3.62. The Labute approximate surface area is 199 Å². The number of hydrogen-bond acceptors (Lipinski definition) is 8. The number of aryl methyl sites for hydroxylation is 1. The number of rotatable bonds is 8. The van der Waals surface area contributed by atoms with Crippen LogP contribution in [0.5, 0.6) is 0 Å². The van der Waals surface area contributed by atoms with Crippen LogP contribution in [0.15, 0.2) is 57.6 Å². The van der Waals surface area contributed by atoms with Crippen molar-refractivity contribution in [2.45, 2.75) is 37.6 Å². The third-order valence-electron chi connectivity index (χ3n) is 5.38. The number of thioether (sulfide) groups is 1. The van der Waals surface area contributed by atoms with Gasteiger partial charge in [0.1, 0.15) is 5.76 Å². The fourth-order valence-corrected chi connectivity index (χ4v) is 5.21. The molecular formula is C23H23N5O3S2. The zero-order valence-electron chi connectivity index (χ0n) is 18.1. The first kappa shape index (κ1) is 21.9. The number of nitrogens with one attached hydrogen (secondary N) is 1. The summed E-state index contributed by atoms with van der Waals surface area (Å²) in [6, 6.07) is 11.8. The van der Waals surface area contributed by atoms with Crippen LogP contribution in [-0.2, 0) is 16.1 Å². The summed E-state index contributed by atoms with van der Waals surface area (Å²) >= 11 is 2.76. The maximum absolute atomic E-state index is 12.6. The van der Waals surface area contributed by atoms with Gasteiger partial charge >= 0.3 is 0 Å². The highest BCUT2D eigenvalue weighted by atomic mass is 32.2. The van der Waals surface area contributed by atoms with Gasteiger partial charge in [-0.2, -0.15) is 0 Å². The molecule has 33 heavy (non-hydrogen) atoms. The van der Waals surface area contributed by atoms with Crippen molar-refractivity contribution >= 4 is 34.1 Å². The van der Waals surface area contributed by atoms with E-state index in [1.165, 1.54) is 23.1 Å². The Bertz CT molecular complexity index is 1230. The quantitative estimate of drug-likeness (QED) is 0.358. The zero-order chi connectivity index (χ0) is 22.6. The molecule has 1 atom stereocenters. The highest BCUT2D eigenvalue weighted by molar-refractivity contribution is 7.99. The van der Waals surface area contributed by atoms with Crippen LogP contribution in [0.25, 0.3) is 22.6 Å². The second kappa shape index (κ2) is 9.90. The first-order valence-electron chi connectivity index (χ1n) is 10.7. The number of benzene rings is 1. The van der Waals surface area contributed by atoms with Crippen LogP contribution in [0, 0.1) is 6.92 Å². The number of furan rings is 1. The first-order chi connectivity index (χ1) is 16.2. The molecule has 1 unspecified atom stereocenters. The Morgan fingerprint density at radius 3 is 2.91 bits per heavy atom. The molecule has 5 rings (SSSR count). The number of nitrogens with zero attached hydrogens (tertiary/aromatic N) is 4. The van der Waals surface area contributed by atoms with E-state index in [0.717, 1.165) is 47.9 Å². The number of aromatic nitrogens is 4. The molecule has 1 amide bonds. The van der Waals surface area contributed by atoms with E-state index in [1.54, 1.807) is 6.26 Å². The molecule has 1 N–H and O–H groups in total. The molecule has 170 valence electrons. The van der Waals surface area contributed by atoms with Crippen molar-refractivity contribution in [2.24, 2.45) is 0 Å². The molecule has 1 aliphatic heterocycles. The van der Waals surface area contributed by atoms with Crippen LogP contribution in [0.1, 0.15) is 18.6 Å². The predicted octanol–water partition coefficient (Wildman–Crippen LogP) is 4.88. The minimum Gasteiger partial charge on any atom is -0.469 e. The van der Waals surface area contributed by atoms with Crippen LogP contribution < -0.4 is 5.32 Å². The van der Waals surface area contributed by atoms with Crippen LogP contribution in [0.2, 0.25) is 0 Å². The van der Waals surface area contributed by atoms with Crippen LogP contribution in [0.3, 0.4) is 0 Å². The Hall–Kier alpha value is -2.95. The lowest BCUT2D eigenvalue weighted by atomic mass is 10.2. The van der Waals surface area contributed by atoms with Gasteiger partial charge in [-0.3, -0.25) is 9.36 Å². The number of anilines is 1. The van der Waals surface area contributed by atoms with Crippen molar-refractivity contribution in [3.8, 4) is 22.6 Å². The largest absolute Gasteiger partial charge is 0.469 e. The van der Waals surface area contributed by atoms with Crippen LogP contribution >= 0.6 is 23.1 Å². The van der Waals surface area contributed by atoms with Gasteiger partial charge in [-0.15, -0.1) is 21.5 Å². The summed E-state index contributed by atoms with van der Waals surface area (Å²) in [5.74, 6) is 1.57. The molecule has 0 bridgehead atoms. The second-order valence-corrected chi connectivity index (χ2v) is 9.48. The molecule has 4 aromatic rings. The maximum Gasteiger partial charge on any atom is 0.236 e. The lowest BCUT2D eigenvalue weighted by Crippen LogP contribution is -2.18. The molecule has 1 fully saturated rings. The summed E-state index contributed by atoms with van der Waals surface area (Å²) in [6.45, 7) is 3.32. The van der Waals surface area contributed by atoms with Crippen molar-refractivity contribution in [3.05, 3.63) is 53.8 Å². The van der Waals surface area contributed by atoms with Gasteiger partial charge in [0, 0.05) is 17.6 Å². The molecule has 1 saturated heterocycles. The minimum atomic E-state index is -0.137. The maximum atomic E-state index is 12.6. The van der Waals surface area contributed by atoms with Crippen molar-refractivity contribution in [1.29, 1.82) is 0 Å². The molecule has 1 aliphatic rings. The van der Waals surface area contributed by atoms with Crippen molar-refractivity contribution < 1.29 is 13.9 Å². The lowest BCUT2D eigenvalue weighted by molar-refractivity contribution is -0.113. The Balaban J connectivity index is 1.27. The molecular weight excluding hydrogens is 458 g/mol. The zero-order valence-corrected chi connectivity index (χ0v) is 19.7. The Morgan fingerprint density at radius 1 is 1.27 bits per heavy atom. The second-order valence-electron chi connectivity index (χ2n) is 7.68. The van der Waals surface area contributed by atoms with E-state index in [4.69, 9.17) is 9.15 Å². The molecule has 0 radical (unpaired) electrons. The Kier molecular flexibility index (Phi) is 6.56. The number of carbonyl (C=O) groups is 1. The van der Waals surface area contributed by atoms with Gasteiger partial charge in [0.05, 0.1) is 35.9 Å². The van der Waals surface area contributed by atoms with E-state index in [0.29, 0.717) is 16.8 Å². The number of carbonyl (C=O) groups excluding carboxylic acids is 1. The third kappa shape index (κ3) is 5.02. The standard InChI is InChI=1S/C23H23N5O3S2/c1-15-18(9-11-30-15)21-26-27-23(28(21)12-17-8-5-10-31-17)33-14-20(29)25-22-24-19(13-32-22)16-6-3-2-4-7-16/h2-4,6-7,9,11,13,17H,5,8,10,12,14H2,1H3,(H,24,25,29). The van der Waals surface area contributed by atoms with Gasteiger partial charge in [-0.05, 0) is 25.8 Å². The molecule has 3 aromatic heterocycles. The van der Waals surface area contributed by atoms with Gasteiger partial charge < -0.3 is 14.5 Å². The number of ether oxygens (including phenoxy) is 1. The van der Waals surface area contributed by atoms with Crippen molar-refractivity contribution in [2.75, 3.05) is 17.7 Å². The highest BCUT2D eigenvalue weighted by Gasteiger charge is 2.23. The van der Waals surface area contributed by atoms with Crippen LogP contribution in [0.4, 0.5) is 5.13 Å². The van der Waals surface area contributed by atoms with E-state index < -0.39 is 0 Å². The molecule has 1 aromatic carbocycles. The molecule has 10 heteroatoms. The van der Waals surface area contributed by atoms with Crippen LogP contribution in [-0.4, -0.2) is 44.1 Å². The lowest BCUT2D eigenvalue weighted by Gasteiger charge is -2.14. The fraction of sp³-hybridized carbons (Fsp3) is 0.304. The van der Waals surface area contributed by atoms with E-state index in [-0.39, 0.29) is 17.8 Å². The predicted molar refractivity (Wildman–Crippen MR) is 128 cm³/mol. The monoisotopic (exact) mass is 481 g/mol. The molecule has 0 saturated carbocycles. The summed E-state index contributed by atoms with van der Waals surface area (Å²) in [5, 5.41) is 14.8. The summed E-state index contributed by atoms with van der Waals surface area (Å²) in [4.78, 5) is 17.1. The van der Waals surface area contributed by atoms with Crippen molar-refractivity contribution in [3.63, 3.8) is 0 Å². The molecule has 4 heterocycles. The Morgan fingerprint density at radius 2 is 2.15 bits per heavy atom. The van der Waals surface area contributed by atoms with Gasteiger partial charge in [0.15, 0.2) is 16.1 Å². The van der Waals surface area contributed by atoms with E-state index in [9.17, 15) is 4.79 Å². The molecule has 8 nitrogen and oxygen atoms in total. The number of amides is 1. The van der Waals surface area contributed by atoms with Crippen molar-refractivity contribution in [1.82, 2.24) is 19.7 Å². The fourth-order valence-electron chi connectivity index (χ4n) is 3.73. The van der Waals surface area contributed by atoms with Gasteiger partial charge in [-0.1, -0.05) is 42.1 Å². The molecule has 0 spiro atoms. The molecule has 0 aliphatic carbocycles. The summed E-state index contributed by atoms with van der Waals surface area (Å²) in [5.41, 5.74) is 2.76. The minimum absolute atomic E-state index is 0.117. The summed E-state index contributed by atoms with van der Waals surface area (Å²) in [7, 11) is 0. The van der Waals surface area contributed by atoms with Gasteiger partial charge in [-0.25, -0.2) is 4.98 Å². The number of hydrogen-bond donors (Lipinski definition) is 1. The third-order valence-corrected chi connectivity index (χ3v) is 7.10. The first-order valence-corrected chi connectivity index (χ1v) is 12.6. The summed E-state index contributed by atoms with van der Waals surface area (Å²) in [6.07, 6.45) is 3.82. The summed E-state index contributed by atoms with van der Waals surface area (Å²) < 4.78 is 13.3.